The molecule has 2 aromatic rings. The summed E-state index contributed by atoms with van der Waals surface area (Å²) < 4.78 is 37.1. The highest BCUT2D eigenvalue weighted by atomic mass is 32.2. The lowest BCUT2D eigenvalue weighted by atomic mass is 10.2. The number of sulfonamides is 1. The van der Waals surface area contributed by atoms with Gasteiger partial charge in [-0.25, -0.2) is 13.2 Å². The van der Waals surface area contributed by atoms with Crippen LogP contribution in [0, 0.1) is 0 Å². The lowest BCUT2D eigenvalue weighted by Gasteiger charge is -2.25. The second kappa shape index (κ2) is 8.41. The fourth-order valence-corrected chi connectivity index (χ4v) is 4.43. The van der Waals surface area contributed by atoms with E-state index in [1.165, 1.54) is 23.5 Å². The van der Waals surface area contributed by atoms with E-state index in [2.05, 4.69) is 5.32 Å². The summed E-state index contributed by atoms with van der Waals surface area (Å²) in [7, 11) is -2.00. The zero-order chi connectivity index (χ0) is 19.3. The molecule has 27 heavy (non-hydrogen) atoms. The van der Waals surface area contributed by atoms with E-state index in [1.807, 2.05) is 0 Å². The highest BCUT2D eigenvalue weighted by Gasteiger charge is 2.25. The van der Waals surface area contributed by atoms with Gasteiger partial charge in [0.05, 0.1) is 12.0 Å². The molecule has 1 aliphatic rings. The molecule has 0 aliphatic carbocycles. The first-order chi connectivity index (χ1) is 13.0. The van der Waals surface area contributed by atoms with Crippen molar-refractivity contribution in [3.05, 3.63) is 48.5 Å². The molecule has 1 fully saturated rings. The molecule has 2 aromatic carbocycles. The maximum Gasteiger partial charge on any atom is 0.417 e. The molecule has 0 atom stereocenters. The third-order valence-electron chi connectivity index (χ3n) is 4.33. The minimum atomic E-state index is -3.49. The van der Waals surface area contributed by atoms with E-state index in [0.717, 1.165) is 19.3 Å². The van der Waals surface area contributed by atoms with Crippen LogP contribution in [-0.2, 0) is 10.0 Å². The van der Waals surface area contributed by atoms with Gasteiger partial charge >= 0.3 is 6.09 Å². The van der Waals surface area contributed by atoms with Crippen LogP contribution >= 0.6 is 0 Å². The summed E-state index contributed by atoms with van der Waals surface area (Å²) in [6.45, 7) is 1.10. The molecule has 0 unspecified atom stereocenters. The van der Waals surface area contributed by atoms with Gasteiger partial charge in [0.15, 0.2) is 11.5 Å². The molecular formula is C19H22N2O5S. The lowest BCUT2D eigenvalue weighted by molar-refractivity contribution is 0.213. The lowest BCUT2D eigenvalue weighted by Crippen LogP contribution is -2.35. The highest BCUT2D eigenvalue weighted by molar-refractivity contribution is 7.89. The number of nitrogens with zero attached hydrogens (tertiary/aromatic N) is 1. The van der Waals surface area contributed by atoms with E-state index in [9.17, 15) is 13.2 Å². The van der Waals surface area contributed by atoms with Crippen LogP contribution in [0.2, 0.25) is 0 Å². The SMILES string of the molecule is COc1ccccc1OC(=O)Nc1ccc(S(=O)(=O)N2CCCCC2)cc1. The molecule has 144 valence electrons. The van der Waals surface area contributed by atoms with Crippen LogP contribution in [0.3, 0.4) is 0 Å². The number of nitrogens with one attached hydrogen (secondary N) is 1. The molecule has 1 amide bonds. The Bertz CT molecular complexity index is 891. The van der Waals surface area contributed by atoms with E-state index in [-0.39, 0.29) is 4.90 Å². The molecule has 1 heterocycles. The van der Waals surface area contributed by atoms with E-state index >= 15 is 0 Å². The van der Waals surface area contributed by atoms with E-state index in [1.54, 1.807) is 36.4 Å². The van der Waals surface area contributed by atoms with Gasteiger partial charge in [0.1, 0.15) is 0 Å². The van der Waals surface area contributed by atoms with Crippen LogP contribution in [0.1, 0.15) is 19.3 Å². The summed E-state index contributed by atoms with van der Waals surface area (Å²) in [6.07, 6.45) is 2.14. The quantitative estimate of drug-likeness (QED) is 0.845. The number of hydrogen-bond acceptors (Lipinski definition) is 5. The molecule has 0 radical (unpaired) electrons. The molecule has 1 N–H and O–H groups in total. The van der Waals surface area contributed by atoms with Gasteiger partial charge in [-0.2, -0.15) is 4.31 Å². The molecule has 0 spiro atoms. The average molecular weight is 390 g/mol. The fraction of sp³-hybridized carbons (Fsp3) is 0.316. The van der Waals surface area contributed by atoms with Crippen molar-refractivity contribution in [1.82, 2.24) is 4.31 Å². The van der Waals surface area contributed by atoms with Crippen LogP contribution in [-0.4, -0.2) is 39.0 Å². The molecule has 8 heteroatoms. The average Bonchev–Trinajstić information content (AvgIpc) is 2.69. The van der Waals surface area contributed by atoms with Crippen molar-refractivity contribution in [1.29, 1.82) is 0 Å². The van der Waals surface area contributed by atoms with Gasteiger partial charge in [-0.15, -0.1) is 0 Å². The highest BCUT2D eigenvalue weighted by Crippen LogP contribution is 2.26. The number of benzene rings is 2. The normalized spacial score (nSPS) is 15.1. The molecule has 7 nitrogen and oxygen atoms in total. The summed E-state index contributed by atoms with van der Waals surface area (Å²) in [5.74, 6) is 0.734. The number of methoxy groups -OCH3 is 1. The number of carbonyl (C=O) groups excluding carboxylic acids is 1. The summed E-state index contributed by atoms with van der Waals surface area (Å²) in [5.41, 5.74) is 0.437. The summed E-state index contributed by atoms with van der Waals surface area (Å²) >= 11 is 0. The van der Waals surface area contributed by atoms with Crippen molar-refractivity contribution in [3.63, 3.8) is 0 Å². The first-order valence-electron chi connectivity index (χ1n) is 8.73. The number of para-hydroxylation sites is 2. The molecule has 3 rings (SSSR count). The van der Waals surface area contributed by atoms with E-state index < -0.39 is 16.1 Å². The van der Waals surface area contributed by atoms with Gasteiger partial charge in [0, 0.05) is 18.8 Å². The van der Waals surface area contributed by atoms with Crippen LogP contribution in [0.25, 0.3) is 0 Å². The third kappa shape index (κ3) is 4.58. The monoisotopic (exact) mass is 390 g/mol. The van der Waals surface area contributed by atoms with Gasteiger partial charge in [-0.1, -0.05) is 18.6 Å². The third-order valence-corrected chi connectivity index (χ3v) is 6.24. The van der Waals surface area contributed by atoms with Crippen molar-refractivity contribution >= 4 is 21.8 Å². The van der Waals surface area contributed by atoms with Gasteiger partial charge in [0.2, 0.25) is 10.0 Å². The van der Waals surface area contributed by atoms with Gasteiger partial charge in [-0.05, 0) is 49.2 Å². The van der Waals surface area contributed by atoms with Crippen LogP contribution in [0.5, 0.6) is 11.5 Å². The number of rotatable bonds is 5. The number of carbonyl (C=O) groups is 1. The topological polar surface area (TPSA) is 84.9 Å². The van der Waals surface area contributed by atoms with Crippen molar-refractivity contribution in [2.45, 2.75) is 24.2 Å². The van der Waals surface area contributed by atoms with Crippen molar-refractivity contribution in [2.24, 2.45) is 0 Å². The van der Waals surface area contributed by atoms with Crippen molar-refractivity contribution in [3.8, 4) is 11.5 Å². The first-order valence-corrected chi connectivity index (χ1v) is 10.2. The number of amides is 1. The van der Waals surface area contributed by atoms with Gasteiger partial charge in [0.25, 0.3) is 0 Å². The Morgan fingerprint density at radius 2 is 1.59 bits per heavy atom. The molecule has 0 bridgehead atoms. The van der Waals surface area contributed by atoms with Gasteiger partial charge < -0.3 is 9.47 Å². The predicted octanol–water partition coefficient (Wildman–Crippen LogP) is 3.48. The number of anilines is 1. The Morgan fingerprint density at radius 3 is 2.22 bits per heavy atom. The number of ether oxygens (including phenoxy) is 2. The summed E-state index contributed by atoms with van der Waals surface area (Å²) in [6, 6.07) is 12.9. The first kappa shape index (κ1) is 19.2. The molecule has 0 aromatic heterocycles. The Morgan fingerprint density at radius 1 is 0.963 bits per heavy atom. The largest absolute Gasteiger partial charge is 0.493 e. The van der Waals surface area contributed by atoms with E-state index in [0.29, 0.717) is 30.3 Å². The zero-order valence-corrected chi connectivity index (χ0v) is 15.9. The Hall–Kier alpha value is -2.58. The molecular weight excluding hydrogens is 368 g/mol. The predicted molar refractivity (Wildman–Crippen MR) is 102 cm³/mol. The minimum Gasteiger partial charge on any atom is -0.493 e. The van der Waals surface area contributed by atoms with Gasteiger partial charge in [-0.3, -0.25) is 5.32 Å². The minimum absolute atomic E-state index is 0.216. The van der Waals surface area contributed by atoms with Crippen LogP contribution in [0.4, 0.5) is 10.5 Å². The van der Waals surface area contributed by atoms with E-state index in [4.69, 9.17) is 9.47 Å². The second-order valence-electron chi connectivity index (χ2n) is 6.15. The number of hydrogen-bond donors (Lipinski definition) is 1. The summed E-state index contributed by atoms with van der Waals surface area (Å²) in [4.78, 5) is 12.3. The molecule has 1 aliphatic heterocycles. The zero-order valence-electron chi connectivity index (χ0n) is 15.1. The molecule has 0 saturated carbocycles. The van der Waals surface area contributed by atoms with Crippen molar-refractivity contribution < 1.29 is 22.7 Å². The Balaban J connectivity index is 1.66. The second-order valence-corrected chi connectivity index (χ2v) is 8.09. The van der Waals surface area contributed by atoms with Crippen LogP contribution < -0.4 is 14.8 Å². The standard InChI is InChI=1S/C19H22N2O5S/c1-25-17-7-3-4-8-18(17)26-19(22)20-15-9-11-16(12-10-15)27(23,24)21-13-5-2-6-14-21/h3-4,7-12H,2,5-6,13-14H2,1H3,(H,20,22). The Labute approximate surface area is 158 Å². The van der Waals surface area contributed by atoms with Crippen molar-refractivity contribution in [2.75, 3.05) is 25.5 Å². The molecule has 1 saturated heterocycles. The number of piperidine rings is 1. The summed E-state index contributed by atoms with van der Waals surface area (Å²) in [5, 5.41) is 2.57. The fourth-order valence-electron chi connectivity index (χ4n) is 2.91. The maximum absolute atomic E-state index is 12.6. The Kier molecular flexibility index (Phi) is 5.98. The maximum atomic E-state index is 12.6. The van der Waals surface area contributed by atoms with Crippen LogP contribution in [0.15, 0.2) is 53.4 Å². The smallest absolute Gasteiger partial charge is 0.417 e.